The number of aromatic nitrogens is 6. The third-order valence-electron chi connectivity index (χ3n) is 4.41. The van der Waals surface area contributed by atoms with Gasteiger partial charge < -0.3 is 10.1 Å². The maximum Gasteiger partial charge on any atom is 0.274 e. The predicted molar refractivity (Wildman–Crippen MR) is 105 cm³/mol. The minimum absolute atomic E-state index is 0.272. The standard InChI is InChI=1S/C20H19N7O2/c1-14-19(24-25-27(14)16-5-3-6-17(12-16)29-2)20(28)22-13-15-7-9-21-18(11-15)26-10-4-8-23-26/h3-12H,13H2,1-2H3,(H,22,28). The molecule has 0 aliphatic rings. The SMILES string of the molecule is COc1cccc(-n2nnc(C(=O)NCc3ccnc(-n4cccn4)c3)c2C)c1. The average molecular weight is 389 g/mol. The first-order chi connectivity index (χ1) is 14.2. The monoisotopic (exact) mass is 389 g/mol. The number of amides is 1. The Labute approximate surface area is 167 Å². The first kappa shape index (κ1) is 18.4. The molecule has 0 bridgehead atoms. The maximum absolute atomic E-state index is 12.6. The highest BCUT2D eigenvalue weighted by atomic mass is 16.5. The van der Waals surface area contributed by atoms with Crippen LogP contribution in [0.2, 0.25) is 0 Å². The van der Waals surface area contributed by atoms with Crippen LogP contribution >= 0.6 is 0 Å². The van der Waals surface area contributed by atoms with Gasteiger partial charge >= 0.3 is 0 Å². The molecule has 1 N–H and O–H groups in total. The Kier molecular flexibility index (Phi) is 5.02. The lowest BCUT2D eigenvalue weighted by atomic mass is 10.2. The van der Waals surface area contributed by atoms with Crippen LogP contribution < -0.4 is 10.1 Å². The van der Waals surface area contributed by atoms with E-state index in [0.29, 0.717) is 23.8 Å². The van der Waals surface area contributed by atoms with Gasteiger partial charge in [-0.25, -0.2) is 14.3 Å². The van der Waals surface area contributed by atoms with Crippen molar-refractivity contribution >= 4 is 5.91 Å². The molecule has 0 spiro atoms. The number of ether oxygens (including phenoxy) is 1. The number of nitrogens with one attached hydrogen (secondary N) is 1. The van der Waals surface area contributed by atoms with Crippen LogP contribution in [0.5, 0.6) is 5.75 Å². The van der Waals surface area contributed by atoms with Gasteiger partial charge in [0, 0.05) is 31.2 Å². The fourth-order valence-electron chi connectivity index (χ4n) is 2.89. The molecule has 0 radical (unpaired) electrons. The predicted octanol–water partition coefficient (Wildman–Crippen LogP) is 2.10. The Hall–Kier alpha value is -4.01. The topological polar surface area (TPSA) is 99.7 Å². The lowest BCUT2D eigenvalue weighted by Crippen LogP contribution is -2.24. The van der Waals surface area contributed by atoms with Gasteiger partial charge in [-0.2, -0.15) is 5.10 Å². The largest absolute Gasteiger partial charge is 0.497 e. The zero-order valence-corrected chi connectivity index (χ0v) is 16.0. The zero-order valence-electron chi connectivity index (χ0n) is 16.0. The Morgan fingerprint density at radius 1 is 1.17 bits per heavy atom. The van der Waals surface area contributed by atoms with Gasteiger partial charge in [0.2, 0.25) is 0 Å². The van der Waals surface area contributed by atoms with Crippen LogP contribution in [0.1, 0.15) is 21.7 Å². The number of carbonyl (C=O) groups is 1. The Bertz CT molecular complexity index is 1140. The Morgan fingerprint density at radius 2 is 2.07 bits per heavy atom. The zero-order chi connectivity index (χ0) is 20.2. The van der Waals surface area contributed by atoms with Gasteiger partial charge in [0.25, 0.3) is 5.91 Å². The van der Waals surface area contributed by atoms with Crippen molar-refractivity contribution in [3.8, 4) is 17.3 Å². The number of nitrogens with zero attached hydrogens (tertiary/aromatic N) is 6. The number of pyridine rings is 1. The van der Waals surface area contributed by atoms with E-state index in [9.17, 15) is 4.79 Å². The molecule has 0 aliphatic carbocycles. The molecule has 146 valence electrons. The molecule has 4 aromatic rings. The fourth-order valence-corrected chi connectivity index (χ4v) is 2.89. The van der Waals surface area contributed by atoms with Crippen LogP contribution in [0.25, 0.3) is 11.5 Å². The molecular formula is C20H19N7O2. The van der Waals surface area contributed by atoms with E-state index in [1.165, 1.54) is 0 Å². The molecule has 0 fully saturated rings. The second-order valence-corrected chi connectivity index (χ2v) is 6.29. The van der Waals surface area contributed by atoms with Crippen molar-refractivity contribution in [2.24, 2.45) is 0 Å². The van der Waals surface area contributed by atoms with Crippen molar-refractivity contribution in [2.75, 3.05) is 7.11 Å². The van der Waals surface area contributed by atoms with Crippen LogP contribution in [-0.4, -0.2) is 42.8 Å². The molecule has 0 unspecified atom stereocenters. The first-order valence-electron chi connectivity index (χ1n) is 8.95. The van der Waals surface area contributed by atoms with Gasteiger partial charge in [0.1, 0.15) is 5.75 Å². The molecular weight excluding hydrogens is 370 g/mol. The smallest absolute Gasteiger partial charge is 0.274 e. The highest BCUT2D eigenvalue weighted by Crippen LogP contribution is 2.18. The van der Waals surface area contributed by atoms with Crippen LogP contribution in [0.4, 0.5) is 0 Å². The van der Waals surface area contributed by atoms with Crippen LogP contribution in [0.15, 0.2) is 61.1 Å². The van der Waals surface area contributed by atoms with Gasteiger partial charge in [-0.1, -0.05) is 11.3 Å². The van der Waals surface area contributed by atoms with E-state index in [4.69, 9.17) is 4.74 Å². The van der Waals surface area contributed by atoms with Gasteiger partial charge in [0.15, 0.2) is 11.5 Å². The number of hydrogen-bond acceptors (Lipinski definition) is 6. The van der Waals surface area contributed by atoms with E-state index < -0.39 is 0 Å². The minimum Gasteiger partial charge on any atom is -0.497 e. The van der Waals surface area contributed by atoms with Crippen LogP contribution in [0, 0.1) is 6.92 Å². The highest BCUT2D eigenvalue weighted by molar-refractivity contribution is 5.93. The molecule has 4 rings (SSSR count). The highest BCUT2D eigenvalue weighted by Gasteiger charge is 2.17. The maximum atomic E-state index is 12.6. The molecule has 1 amide bonds. The normalized spacial score (nSPS) is 10.7. The summed E-state index contributed by atoms with van der Waals surface area (Å²) in [6.45, 7) is 2.14. The second kappa shape index (κ2) is 7.93. The molecule has 0 aliphatic heterocycles. The molecule has 29 heavy (non-hydrogen) atoms. The van der Waals surface area contributed by atoms with Crippen LogP contribution in [0.3, 0.4) is 0 Å². The average Bonchev–Trinajstić information content (AvgIpc) is 3.42. The number of carbonyl (C=O) groups excluding carboxylic acids is 1. The minimum atomic E-state index is -0.297. The summed E-state index contributed by atoms with van der Waals surface area (Å²) in [6, 6.07) is 12.9. The van der Waals surface area contributed by atoms with Gasteiger partial charge in [-0.05, 0) is 42.8 Å². The summed E-state index contributed by atoms with van der Waals surface area (Å²) in [7, 11) is 1.60. The molecule has 0 atom stereocenters. The third-order valence-corrected chi connectivity index (χ3v) is 4.41. The summed E-state index contributed by atoms with van der Waals surface area (Å²) in [6.07, 6.45) is 5.18. The lowest BCUT2D eigenvalue weighted by molar-refractivity contribution is 0.0945. The van der Waals surface area contributed by atoms with E-state index in [0.717, 1.165) is 11.3 Å². The van der Waals surface area contributed by atoms with E-state index in [2.05, 4.69) is 25.7 Å². The Balaban J connectivity index is 1.48. The van der Waals surface area contributed by atoms with Gasteiger partial charge in [0.05, 0.1) is 18.5 Å². The molecule has 9 heteroatoms. The number of hydrogen-bond donors (Lipinski definition) is 1. The summed E-state index contributed by atoms with van der Waals surface area (Å²) < 4.78 is 8.52. The molecule has 3 heterocycles. The third kappa shape index (κ3) is 3.84. The number of rotatable bonds is 6. The van der Waals surface area contributed by atoms with Gasteiger partial charge in [-0.15, -0.1) is 5.10 Å². The van der Waals surface area contributed by atoms with E-state index in [-0.39, 0.29) is 11.6 Å². The summed E-state index contributed by atoms with van der Waals surface area (Å²) >= 11 is 0. The van der Waals surface area contributed by atoms with E-state index >= 15 is 0 Å². The summed E-state index contributed by atoms with van der Waals surface area (Å²) in [5.74, 6) is 1.09. The molecule has 0 saturated heterocycles. The lowest BCUT2D eigenvalue weighted by Gasteiger charge is -2.07. The first-order valence-corrected chi connectivity index (χ1v) is 8.95. The van der Waals surface area contributed by atoms with Crippen LogP contribution in [-0.2, 0) is 6.54 Å². The molecule has 1 aromatic carbocycles. The Morgan fingerprint density at radius 3 is 2.86 bits per heavy atom. The molecule has 3 aromatic heterocycles. The van der Waals surface area contributed by atoms with Crippen molar-refractivity contribution in [2.45, 2.75) is 13.5 Å². The fraction of sp³-hybridized carbons (Fsp3) is 0.150. The quantitative estimate of drug-likeness (QED) is 0.542. The molecule has 9 nitrogen and oxygen atoms in total. The van der Waals surface area contributed by atoms with Crippen molar-refractivity contribution in [3.63, 3.8) is 0 Å². The van der Waals surface area contributed by atoms with Crippen molar-refractivity contribution in [3.05, 3.63) is 78.0 Å². The summed E-state index contributed by atoms with van der Waals surface area (Å²) in [4.78, 5) is 16.9. The van der Waals surface area contributed by atoms with E-state index in [1.807, 2.05) is 48.7 Å². The second-order valence-electron chi connectivity index (χ2n) is 6.29. The van der Waals surface area contributed by atoms with Crippen molar-refractivity contribution < 1.29 is 9.53 Å². The van der Waals surface area contributed by atoms with Crippen molar-refractivity contribution in [1.82, 2.24) is 35.1 Å². The summed E-state index contributed by atoms with van der Waals surface area (Å²) in [5, 5.41) is 15.2. The number of methoxy groups -OCH3 is 1. The molecule has 0 saturated carbocycles. The van der Waals surface area contributed by atoms with Crippen molar-refractivity contribution in [1.29, 1.82) is 0 Å². The van der Waals surface area contributed by atoms with Gasteiger partial charge in [-0.3, -0.25) is 4.79 Å². The summed E-state index contributed by atoms with van der Waals surface area (Å²) in [5.41, 5.74) is 2.58. The van der Waals surface area contributed by atoms with E-state index in [1.54, 1.807) is 35.8 Å². The number of benzene rings is 1.